The van der Waals surface area contributed by atoms with Crippen molar-refractivity contribution in [2.24, 2.45) is 0 Å². The fourth-order valence-electron chi connectivity index (χ4n) is 3.41. The van der Waals surface area contributed by atoms with E-state index in [0.717, 1.165) is 45.8 Å². The van der Waals surface area contributed by atoms with Gasteiger partial charge in [0.25, 0.3) is 0 Å². The number of aromatic nitrogens is 5. The monoisotopic (exact) mass is 341 g/mol. The fourth-order valence-corrected chi connectivity index (χ4v) is 3.41. The summed E-state index contributed by atoms with van der Waals surface area (Å²) in [7, 11) is 0. The average molecular weight is 341 g/mol. The van der Waals surface area contributed by atoms with Crippen LogP contribution in [0.5, 0.6) is 0 Å². The molecule has 26 heavy (non-hydrogen) atoms. The van der Waals surface area contributed by atoms with E-state index in [0.29, 0.717) is 5.92 Å². The lowest BCUT2D eigenvalue weighted by Gasteiger charge is -2.06. The van der Waals surface area contributed by atoms with Crippen molar-refractivity contribution in [1.29, 1.82) is 0 Å². The van der Waals surface area contributed by atoms with E-state index in [9.17, 15) is 0 Å². The molecule has 0 aromatic carbocycles. The van der Waals surface area contributed by atoms with Crippen LogP contribution in [0.15, 0.2) is 55.1 Å². The minimum Gasteiger partial charge on any atom is -0.265 e. The van der Waals surface area contributed by atoms with Crippen molar-refractivity contribution in [3.63, 3.8) is 0 Å². The van der Waals surface area contributed by atoms with Crippen LogP contribution in [0.4, 0.5) is 0 Å². The van der Waals surface area contributed by atoms with E-state index in [4.69, 9.17) is 4.98 Å². The predicted octanol–water partition coefficient (Wildman–Crippen LogP) is 4.29. The summed E-state index contributed by atoms with van der Waals surface area (Å²) in [5.41, 5.74) is 7.48. The van der Waals surface area contributed by atoms with Gasteiger partial charge in [-0.2, -0.15) is 5.10 Å². The molecule has 0 unspecified atom stereocenters. The molecule has 1 aliphatic carbocycles. The number of nitrogens with zero attached hydrogens (tertiary/aromatic N) is 5. The molecule has 0 radical (unpaired) electrons. The Hall–Kier alpha value is -3.08. The van der Waals surface area contributed by atoms with Crippen molar-refractivity contribution in [2.45, 2.75) is 32.1 Å². The Balaban J connectivity index is 1.75. The third-order valence-corrected chi connectivity index (χ3v) is 4.96. The number of fused-ring (bicyclic) bond motifs is 1. The molecule has 0 aliphatic heterocycles. The quantitative estimate of drug-likeness (QED) is 0.555. The van der Waals surface area contributed by atoms with Crippen LogP contribution in [0.1, 0.15) is 37.1 Å². The van der Waals surface area contributed by atoms with Crippen LogP contribution in [0.25, 0.3) is 28.0 Å². The van der Waals surface area contributed by atoms with E-state index in [2.05, 4.69) is 34.1 Å². The number of pyridine rings is 2. The number of hydrogen-bond acceptors (Lipinski definition) is 4. The van der Waals surface area contributed by atoms with Crippen molar-refractivity contribution in [2.75, 3.05) is 0 Å². The molecule has 0 N–H and O–H groups in total. The van der Waals surface area contributed by atoms with Gasteiger partial charge in [0, 0.05) is 47.5 Å². The Morgan fingerprint density at radius 2 is 1.85 bits per heavy atom. The van der Waals surface area contributed by atoms with Gasteiger partial charge in [-0.1, -0.05) is 6.92 Å². The molecular weight excluding hydrogens is 322 g/mol. The molecule has 1 saturated carbocycles. The van der Waals surface area contributed by atoms with Crippen LogP contribution in [0.3, 0.4) is 0 Å². The maximum Gasteiger partial charge on any atom is 0.162 e. The van der Waals surface area contributed by atoms with E-state index >= 15 is 0 Å². The number of aryl methyl sites for hydroxylation is 1. The molecule has 1 fully saturated rings. The Labute approximate surface area is 151 Å². The van der Waals surface area contributed by atoms with Gasteiger partial charge < -0.3 is 0 Å². The molecule has 0 atom stereocenters. The maximum atomic E-state index is 5.02. The van der Waals surface area contributed by atoms with Crippen LogP contribution in [-0.4, -0.2) is 24.6 Å². The van der Waals surface area contributed by atoms with Gasteiger partial charge in [-0.25, -0.2) is 9.50 Å². The van der Waals surface area contributed by atoms with Gasteiger partial charge in [-0.05, 0) is 55.2 Å². The molecule has 4 aromatic rings. The molecular formula is C21H19N5. The summed E-state index contributed by atoms with van der Waals surface area (Å²) in [6.07, 6.45) is 10.8. The molecule has 0 bridgehead atoms. The lowest BCUT2D eigenvalue weighted by atomic mass is 10.1. The Bertz CT molecular complexity index is 1060. The largest absolute Gasteiger partial charge is 0.265 e. The van der Waals surface area contributed by atoms with Crippen molar-refractivity contribution in [3.8, 4) is 22.4 Å². The summed E-state index contributed by atoms with van der Waals surface area (Å²) in [6.45, 7) is 2.12. The molecule has 5 nitrogen and oxygen atoms in total. The van der Waals surface area contributed by atoms with Crippen LogP contribution >= 0.6 is 0 Å². The highest BCUT2D eigenvalue weighted by Crippen LogP contribution is 2.44. The van der Waals surface area contributed by atoms with Gasteiger partial charge in [0.15, 0.2) is 5.65 Å². The van der Waals surface area contributed by atoms with Crippen LogP contribution < -0.4 is 0 Å². The van der Waals surface area contributed by atoms with Gasteiger partial charge in [0.2, 0.25) is 0 Å². The Morgan fingerprint density at radius 3 is 2.54 bits per heavy atom. The highest BCUT2D eigenvalue weighted by Gasteiger charge is 2.31. The first-order valence-corrected chi connectivity index (χ1v) is 9.08. The van der Waals surface area contributed by atoms with Gasteiger partial charge in [-0.15, -0.1) is 0 Å². The second-order valence-corrected chi connectivity index (χ2v) is 6.73. The molecule has 5 rings (SSSR count). The summed E-state index contributed by atoms with van der Waals surface area (Å²) in [4.78, 5) is 13.7. The van der Waals surface area contributed by atoms with Crippen LogP contribution in [0.2, 0.25) is 0 Å². The molecule has 0 saturated heterocycles. The van der Waals surface area contributed by atoms with Crippen LogP contribution in [0, 0.1) is 0 Å². The standard InChI is InChI=1S/C21H19N5/c1-2-17-6-5-16(13-23-17)20-19(15-3-4-15)25-21-18(9-12-24-26(20)21)14-7-10-22-11-8-14/h5-13,15H,2-4H2,1H3. The molecule has 0 spiro atoms. The Kier molecular flexibility index (Phi) is 3.52. The number of rotatable bonds is 4. The highest BCUT2D eigenvalue weighted by atomic mass is 15.3. The number of imidazole rings is 1. The first-order valence-electron chi connectivity index (χ1n) is 9.08. The fraction of sp³-hybridized carbons (Fsp3) is 0.238. The summed E-state index contributed by atoms with van der Waals surface area (Å²) in [6, 6.07) is 10.3. The first-order chi connectivity index (χ1) is 12.8. The van der Waals surface area contributed by atoms with Crippen molar-refractivity contribution in [3.05, 3.63) is 66.5 Å². The van der Waals surface area contributed by atoms with Gasteiger partial charge >= 0.3 is 0 Å². The maximum absolute atomic E-state index is 5.02. The molecule has 5 heteroatoms. The summed E-state index contributed by atoms with van der Waals surface area (Å²) < 4.78 is 1.98. The van der Waals surface area contributed by atoms with Crippen molar-refractivity contribution >= 4 is 5.65 Å². The third kappa shape index (κ3) is 2.47. The number of hydrogen-bond donors (Lipinski definition) is 0. The van der Waals surface area contributed by atoms with Crippen molar-refractivity contribution in [1.82, 2.24) is 24.6 Å². The predicted molar refractivity (Wildman–Crippen MR) is 101 cm³/mol. The molecule has 4 aromatic heterocycles. The zero-order valence-corrected chi connectivity index (χ0v) is 14.6. The Morgan fingerprint density at radius 1 is 1.00 bits per heavy atom. The second kappa shape index (κ2) is 6.02. The zero-order chi connectivity index (χ0) is 17.5. The topological polar surface area (TPSA) is 56.0 Å². The zero-order valence-electron chi connectivity index (χ0n) is 14.6. The van der Waals surface area contributed by atoms with Crippen molar-refractivity contribution < 1.29 is 0 Å². The van der Waals surface area contributed by atoms with E-state index in [1.807, 2.05) is 47.5 Å². The van der Waals surface area contributed by atoms with Gasteiger partial charge in [0.05, 0.1) is 11.4 Å². The molecule has 4 heterocycles. The minimum absolute atomic E-state index is 0.530. The SMILES string of the molecule is CCc1ccc(-c2c(C3CC3)nc3c(-c4ccncc4)ccnn23)cn1. The van der Waals surface area contributed by atoms with Gasteiger partial charge in [-0.3, -0.25) is 9.97 Å². The van der Waals surface area contributed by atoms with E-state index in [-0.39, 0.29) is 0 Å². The van der Waals surface area contributed by atoms with Crippen LogP contribution in [-0.2, 0) is 6.42 Å². The molecule has 1 aliphatic rings. The first kappa shape index (κ1) is 15.2. The average Bonchev–Trinajstić information content (AvgIpc) is 3.48. The van der Waals surface area contributed by atoms with E-state index in [1.165, 1.54) is 12.8 Å². The molecule has 128 valence electrons. The lowest BCUT2D eigenvalue weighted by molar-refractivity contribution is 0.936. The third-order valence-electron chi connectivity index (χ3n) is 4.96. The van der Waals surface area contributed by atoms with E-state index in [1.54, 1.807) is 0 Å². The second-order valence-electron chi connectivity index (χ2n) is 6.73. The molecule has 0 amide bonds. The summed E-state index contributed by atoms with van der Waals surface area (Å²) in [5, 5.41) is 4.63. The summed E-state index contributed by atoms with van der Waals surface area (Å²) >= 11 is 0. The summed E-state index contributed by atoms with van der Waals surface area (Å²) in [5.74, 6) is 0.530. The lowest BCUT2D eigenvalue weighted by Crippen LogP contribution is -1.97. The minimum atomic E-state index is 0.530. The smallest absolute Gasteiger partial charge is 0.162 e. The highest BCUT2D eigenvalue weighted by molar-refractivity contribution is 5.80. The normalized spacial score (nSPS) is 14.0. The van der Waals surface area contributed by atoms with E-state index < -0.39 is 0 Å². The van der Waals surface area contributed by atoms with Gasteiger partial charge in [0.1, 0.15) is 0 Å².